The van der Waals surface area contributed by atoms with Crippen molar-refractivity contribution in [1.82, 2.24) is 14.9 Å². The van der Waals surface area contributed by atoms with Gasteiger partial charge >= 0.3 is 0 Å². The van der Waals surface area contributed by atoms with Crippen LogP contribution in [0.1, 0.15) is 33.6 Å². The lowest BCUT2D eigenvalue weighted by atomic mass is 10.2. The number of likely N-dealkylation sites (N-methyl/N-ethyl adjacent to an activating group) is 1. The molecule has 108 valence electrons. The van der Waals surface area contributed by atoms with E-state index in [9.17, 15) is 0 Å². The van der Waals surface area contributed by atoms with Crippen molar-refractivity contribution >= 4 is 5.82 Å². The minimum atomic E-state index is 0.607. The van der Waals surface area contributed by atoms with Gasteiger partial charge in [0.2, 0.25) is 5.88 Å². The lowest BCUT2D eigenvalue weighted by Crippen LogP contribution is -2.32. The molecular weight excluding hydrogens is 240 g/mol. The molecule has 1 aromatic heterocycles. The molecule has 0 spiro atoms. The van der Waals surface area contributed by atoms with Crippen LogP contribution in [0.3, 0.4) is 0 Å². The highest BCUT2D eigenvalue weighted by molar-refractivity contribution is 5.36. The summed E-state index contributed by atoms with van der Waals surface area (Å²) in [6.45, 7) is 9.06. The standard InChI is InChI=1S/C14H26N4O/c1-5-9-19-14-10-13(16-11-17-14)15-7-8-18(4)12(3)6-2/h10-12H,5-9H2,1-4H3,(H,15,16,17). The molecule has 0 fully saturated rings. The first-order valence-corrected chi connectivity index (χ1v) is 7.06. The molecule has 0 radical (unpaired) electrons. The van der Waals surface area contributed by atoms with Gasteiger partial charge in [0.1, 0.15) is 12.1 Å². The number of aromatic nitrogens is 2. The maximum atomic E-state index is 5.48. The van der Waals surface area contributed by atoms with Crippen molar-refractivity contribution < 1.29 is 4.74 Å². The summed E-state index contributed by atoms with van der Waals surface area (Å²) in [5, 5.41) is 3.30. The Bertz CT molecular complexity index is 359. The van der Waals surface area contributed by atoms with E-state index in [0.717, 1.165) is 25.3 Å². The monoisotopic (exact) mass is 266 g/mol. The van der Waals surface area contributed by atoms with Gasteiger partial charge in [0, 0.05) is 25.2 Å². The van der Waals surface area contributed by atoms with E-state index in [-0.39, 0.29) is 0 Å². The minimum Gasteiger partial charge on any atom is -0.478 e. The van der Waals surface area contributed by atoms with Crippen LogP contribution >= 0.6 is 0 Å². The maximum absolute atomic E-state index is 5.48. The molecule has 19 heavy (non-hydrogen) atoms. The average molecular weight is 266 g/mol. The first-order chi connectivity index (χ1) is 9.17. The van der Waals surface area contributed by atoms with E-state index in [2.05, 4.69) is 48.0 Å². The van der Waals surface area contributed by atoms with Crippen molar-refractivity contribution in [2.24, 2.45) is 0 Å². The maximum Gasteiger partial charge on any atom is 0.218 e. The fourth-order valence-corrected chi connectivity index (χ4v) is 1.61. The molecule has 1 unspecified atom stereocenters. The second-order valence-electron chi connectivity index (χ2n) is 4.75. The first-order valence-electron chi connectivity index (χ1n) is 7.06. The second kappa shape index (κ2) is 8.69. The highest BCUT2D eigenvalue weighted by atomic mass is 16.5. The van der Waals surface area contributed by atoms with Crippen LogP contribution < -0.4 is 10.1 Å². The summed E-state index contributed by atoms with van der Waals surface area (Å²) in [6, 6.07) is 2.45. The van der Waals surface area contributed by atoms with Gasteiger partial charge in [-0.1, -0.05) is 13.8 Å². The van der Waals surface area contributed by atoms with Gasteiger partial charge in [0.15, 0.2) is 0 Å². The van der Waals surface area contributed by atoms with E-state index in [1.165, 1.54) is 12.7 Å². The quantitative estimate of drug-likeness (QED) is 0.744. The van der Waals surface area contributed by atoms with Crippen LogP contribution in [0.4, 0.5) is 5.82 Å². The SMILES string of the molecule is CCCOc1cc(NCCN(C)C(C)CC)ncn1. The van der Waals surface area contributed by atoms with E-state index in [1.54, 1.807) is 0 Å². The number of nitrogens with zero attached hydrogens (tertiary/aromatic N) is 3. The Morgan fingerprint density at radius 3 is 2.84 bits per heavy atom. The van der Waals surface area contributed by atoms with Gasteiger partial charge in [0.05, 0.1) is 6.61 Å². The van der Waals surface area contributed by atoms with Crippen molar-refractivity contribution in [1.29, 1.82) is 0 Å². The van der Waals surface area contributed by atoms with Crippen LogP contribution in [-0.2, 0) is 0 Å². The van der Waals surface area contributed by atoms with Gasteiger partial charge in [-0.05, 0) is 26.8 Å². The Morgan fingerprint density at radius 1 is 1.37 bits per heavy atom. The summed E-state index contributed by atoms with van der Waals surface area (Å²) in [6.07, 6.45) is 3.68. The molecule has 0 saturated carbocycles. The van der Waals surface area contributed by atoms with Gasteiger partial charge in [0.25, 0.3) is 0 Å². The van der Waals surface area contributed by atoms with Crippen LogP contribution in [0.2, 0.25) is 0 Å². The van der Waals surface area contributed by atoms with Crippen molar-refractivity contribution in [2.75, 3.05) is 32.1 Å². The van der Waals surface area contributed by atoms with E-state index < -0.39 is 0 Å². The molecule has 5 nitrogen and oxygen atoms in total. The van der Waals surface area contributed by atoms with Gasteiger partial charge in [-0.2, -0.15) is 0 Å². The number of rotatable bonds is 9. The summed E-state index contributed by atoms with van der Waals surface area (Å²) < 4.78 is 5.48. The van der Waals surface area contributed by atoms with E-state index in [0.29, 0.717) is 18.5 Å². The largest absolute Gasteiger partial charge is 0.478 e. The number of hydrogen-bond acceptors (Lipinski definition) is 5. The molecule has 0 bridgehead atoms. The Balaban J connectivity index is 2.36. The van der Waals surface area contributed by atoms with E-state index in [4.69, 9.17) is 4.74 Å². The molecule has 0 aliphatic carbocycles. The third-order valence-corrected chi connectivity index (χ3v) is 3.21. The summed E-state index contributed by atoms with van der Waals surface area (Å²) in [5.41, 5.74) is 0. The van der Waals surface area contributed by atoms with E-state index in [1.807, 2.05) is 6.07 Å². The molecule has 5 heteroatoms. The van der Waals surface area contributed by atoms with Crippen LogP contribution in [0.25, 0.3) is 0 Å². The Labute approximate surface area is 116 Å². The van der Waals surface area contributed by atoms with Crippen molar-refractivity contribution in [3.8, 4) is 5.88 Å². The molecule has 1 atom stereocenters. The highest BCUT2D eigenvalue weighted by Gasteiger charge is 2.06. The van der Waals surface area contributed by atoms with Crippen molar-refractivity contribution in [3.63, 3.8) is 0 Å². The molecule has 0 amide bonds. The second-order valence-corrected chi connectivity index (χ2v) is 4.75. The third kappa shape index (κ3) is 5.87. The summed E-state index contributed by atoms with van der Waals surface area (Å²) in [5.74, 6) is 1.45. The topological polar surface area (TPSA) is 50.3 Å². The number of hydrogen-bond donors (Lipinski definition) is 1. The molecule has 0 aliphatic rings. The van der Waals surface area contributed by atoms with Crippen LogP contribution in [-0.4, -0.2) is 47.7 Å². The summed E-state index contributed by atoms with van der Waals surface area (Å²) in [4.78, 5) is 10.6. The predicted octanol–water partition coefficient (Wildman–Crippen LogP) is 2.41. The number of nitrogens with one attached hydrogen (secondary N) is 1. The molecule has 0 aliphatic heterocycles. The van der Waals surface area contributed by atoms with Crippen LogP contribution in [0.15, 0.2) is 12.4 Å². The van der Waals surface area contributed by atoms with Gasteiger partial charge < -0.3 is 15.0 Å². The summed E-state index contributed by atoms with van der Waals surface area (Å²) >= 11 is 0. The summed E-state index contributed by atoms with van der Waals surface area (Å²) in [7, 11) is 2.14. The lowest BCUT2D eigenvalue weighted by Gasteiger charge is -2.23. The molecule has 1 aromatic rings. The minimum absolute atomic E-state index is 0.607. The fraction of sp³-hybridized carbons (Fsp3) is 0.714. The molecule has 1 N–H and O–H groups in total. The van der Waals surface area contributed by atoms with Crippen LogP contribution in [0, 0.1) is 0 Å². The predicted molar refractivity (Wildman–Crippen MR) is 78.7 cm³/mol. The Hall–Kier alpha value is -1.36. The van der Waals surface area contributed by atoms with Crippen molar-refractivity contribution in [2.45, 2.75) is 39.7 Å². The zero-order chi connectivity index (χ0) is 14.1. The zero-order valence-corrected chi connectivity index (χ0v) is 12.5. The lowest BCUT2D eigenvalue weighted by molar-refractivity contribution is 0.261. The number of ether oxygens (including phenoxy) is 1. The first kappa shape index (κ1) is 15.7. The van der Waals surface area contributed by atoms with Crippen molar-refractivity contribution in [3.05, 3.63) is 12.4 Å². The molecular formula is C14H26N4O. The Morgan fingerprint density at radius 2 is 2.16 bits per heavy atom. The van der Waals surface area contributed by atoms with Gasteiger partial charge in [-0.25, -0.2) is 9.97 Å². The normalized spacial score (nSPS) is 12.5. The third-order valence-electron chi connectivity index (χ3n) is 3.21. The molecule has 0 aromatic carbocycles. The molecule has 1 heterocycles. The van der Waals surface area contributed by atoms with E-state index >= 15 is 0 Å². The molecule has 0 saturated heterocycles. The highest BCUT2D eigenvalue weighted by Crippen LogP contribution is 2.11. The molecule has 1 rings (SSSR count). The Kier molecular flexibility index (Phi) is 7.18. The van der Waals surface area contributed by atoms with Crippen LogP contribution in [0.5, 0.6) is 5.88 Å². The van der Waals surface area contributed by atoms with Gasteiger partial charge in [-0.3, -0.25) is 0 Å². The average Bonchev–Trinajstić information content (AvgIpc) is 2.44. The zero-order valence-electron chi connectivity index (χ0n) is 12.5. The smallest absolute Gasteiger partial charge is 0.218 e. The van der Waals surface area contributed by atoms with Gasteiger partial charge in [-0.15, -0.1) is 0 Å². The fourth-order valence-electron chi connectivity index (χ4n) is 1.61. The number of anilines is 1.